The molecule has 1 unspecified atom stereocenters. The Balaban J connectivity index is 1.71. The molecule has 0 aliphatic carbocycles. The Bertz CT molecular complexity index is 1160. The molecule has 4 heterocycles. The number of carbonyl (C=O) groups excluding carboxylic acids is 1. The first kappa shape index (κ1) is 21.0. The van der Waals surface area contributed by atoms with Crippen molar-refractivity contribution in [3.8, 4) is 0 Å². The smallest absolute Gasteiger partial charge is 0.276 e. The van der Waals surface area contributed by atoms with Crippen molar-refractivity contribution in [3.05, 3.63) is 33.4 Å². The number of aromatic nitrogens is 3. The summed E-state index contributed by atoms with van der Waals surface area (Å²) in [6.07, 6.45) is 1.94. The van der Waals surface area contributed by atoms with E-state index in [2.05, 4.69) is 10.1 Å². The van der Waals surface area contributed by atoms with Gasteiger partial charge in [-0.05, 0) is 26.2 Å². The maximum Gasteiger partial charge on any atom is 0.276 e. The number of carbonyl (C=O) groups is 1. The van der Waals surface area contributed by atoms with Crippen LogP contribution in [0.2, 0.25) is 0 Å². The second-order valence-electron chi connectivity index (χ2n) is 9.14. The number of aromatic amines is 1. The molecule has 1 saturated heterocycles. The molecule has 0 aromatic carbocycles. The largest absolute Gasteiger partial charge is 0.336 e. The minimum atomic E-state index is -3.33. The van der Waals surface area contributed by atoms with Crippen molar-refractivity contribution in [1.82, 2.24) is 23.8 Å². The number of hydrogen-bond donors (Lipinski definition) is 1. The molecule has 164 valence electrons. The highest BCUT2D eigenvalue weighted by atomic mass is 32.2. The third-order valence-corrected chi connectivity index (χ3v) is 7.88. The molecular weight excluding hydrogens is 406 g/mol. The Kier molecular flexibility index (Phi) is 5.05. The first-order chi connectivity index (χ1) is 14.0. The monoisotopic (exact) mass is 435 g/mol. The molecular formula is C20H29N5O4S. The summed E-state index contributed by atoms with van der Waals surface area (Å²) < 4.78 is 27.8. The van der Waals surface area contributed by atoms with Crippen LogP contribution in [0, 0.1) is 5.41 Å². The summed E-state index contributed by atoms with van der Waals surface area (Å²) in [7, 11) is -3.33. The van der Waals surface area contributed by atoms with Crippen molar-refractivity contribution >= 4 is 21.6 Å². The van der Waals surface area contributed by atoms with Gasteiger partial charge in [0, 0.05) is 30.1 Å². The third-order valence-electron chi connectivity index (χ3n) is 6.00. The summed E-state index contributed by atoms with van der Waals surface area (Å²) in [5.74, 6) is 0.0877. The van der Waals surface area contributed by atoms with Gasteiger partial charge in [-0.1, -0.05) is 20.8 Å². The van der Waals surface area contributed by atoms with Gasteiger partial charge in [-0.3, -0.25) is 14.7 Å². The van der Waals surface area contributed by atoms with Crippen LogP contribution in [0.1, 0.15) is 63.5 Å². The summed E-state index contributed by atoms with van der Waals surface area (Å²) in [4.78, 5) is 32.1. The average Bonchev–Trinajstić information content (AvgIpc) is 3.33. The number of nitrogens with one attached hydrogen (secondary N) is 1. The van der Waals surface area contributed by atoms with Crippen molar-refractivity contribution in [3.63, 3.8) is 0 Å². The molecule has 0 bridgehead atoms. The van der Waals surface area contributed by atoms with E-state index in [0.29, 0.717) is 55.1 Å². The van der Waals surface area contributed by atoms with E-state index in [1.165, 1.54) is 8.82 Å². The Labute approximate surface area is 176 Å². The highest BCUT2D eigenvalue weighted by Gasteiger charge is 2.36. The normalized spacial score (nSPS) is 20.7. The lowest BCUT2D eigenvalue weighted by Crippen LogP contribution is -2.44. The lowest BCUT2D eigenvalue weighted by molar-refractivity contribution is -0.140. The predicted octanol–water partition coefficient (Wildman–Crippen LogP) is 1.44. The molecule has 0 saturated carbocycles. The Hall–Kier alpha value is -2.20. The second-order valence-corrected chi connectivity index (χ2v) is 11.4. The second kappa shape index (κ2) is 7.19. The van der Waals surface area contributed by atoms with E-state index in [1.54, 1.807) is 17.9 Å². The number of fused-ring (bicyclic) bond motifs is 2. The van der Waals surface area contributed by atoms with Gasteiger partial charge >= 0.3 is 0 Å². The summed E-state index contributed by atoms with van der Waals surface area (Å²) in [5.41, 5.74) is 1.71. The quantitative estimate of drug-likeness (QED) is 0.785. The molecule has 30 heavy (non-hydrogen) atoms. The van der Waals surface area contributed by atoms with Gasteiger partial charge in [0.05, 0.1) is 29.7 Å². The first-order valence-corrected chi connectivity index (χ1v) is 12.1. The van der Waals surface area contributed by atoms with Gasteiger partial charge in [-0.15, -0.1) is 0 Å². The summed E-state index contributed by atoms with van der Waals surface area (Å²) in [6.45, 7) is 8.58. The number of rotatable bonds is 3. The van der Waals surface area contributed by atoms with E-state index in [1.807, 2.05) is 20.8 Å². The maximum absolute atomic E-state index is 13.1. The molecule has 1 fully saturated rings. The molecule has 1 N–H and O–H groups in total. The van der Waals surface area contributed by atoms with Crippen molar-refractivity contribution < 1.29 is 13.2 Å². The number of nitrogens with zero attached hydrogens (tertiary/aromatic N) is 4. The van der Waals surface area contributed by atoms with Crippen LogP contribution in [-0.2, 0) is 27.8 Å². The van der Waals surface area contributed by atoms with Gasteiger partial charge in [-0.25, -0.2) is 17.9 Å². The van der Waals surface area contributed by atoms with E-state index in [-0.39, 0.29) is 23.3 Å². The Morgan fingerprint density at radius 1 is 1.30 bits per heavy atom. The van der Waals surface area contributed by atoms with Crippen LogP contribution in [-0.4, -0.2) is 57.0 Å². The van der Waals surface area contributed by atoms with Crippen molar-refractivity contribution in [1.29, 1.82) is 0 Å². The minimum absolute atomic E-state index is 0.0382. The molecule has 2 aromatic rings. The molecule has 4 rings (SSSR count). The van der Waals surface area contributed by atoms with E-state index in [9.17, 15) is 18.0 Å². The summed E-state index contributed by atoms with van der Waals surface area (Å²) in [5, 5.41) is 3.10. The summed E-state index contributed by atoms with van der Waals surface area (Å²) >= 11 is 0. The highest BCUT2D eigenvalue weighted by molar-refractivity contribution is 7.89. The Morgan fingerprint density at radius 2 is 2.03 bits per heavy atom. The van der Waals surface area contributed by atoms with E-state index < -0.39 is 15.4 Å². The van der Waals surface area contributed by atoms with Gasteiger partial charge in [-0.2, -0.15) is 4.31 Å². The van der Waals surface area contributed by atoms with E-state index in [4.69, 9.17) is 0 Å². The zero-order chi connectivity index (χ0) is 21.8. The topological polar surface area (TPSA) is 108 Å². The Morgan fingerprint density at radius 3 is 2.70 bits per heavy atom. The number of sulfonamides is 1. The fourth-order valence-corrected chi connectivity index (χ4v) is 5.73. The molecule has 9 nitrogen and oxygen atoms in total. The number of amides is 1. The van der Waals surface area contributed by atoms with E-state index in [0.717, 1.165) is 6.42 Å². The van der Waals surface area contributed by atoms with Gasteiger partial charge in [0.2, 0.25) is 15.9 Å². The lowest BCUT2D eigenvalue weighted by Gasteiger charge is -2.32. The first-order valence-electron chi connectivity index (χ1n) is 10.4. The molecule has 2 aromatic heterocycles. The minimum Gasteiger partial charge on any atom is -0.336 e. The zero-order valence-corrected chi connectivity index (χ0v) is 18.8. The van der Waals surface area contributed by atoms with Crippen molar-refractivity contribution in [2.75, 3.05) is 18.8 Å². The molecule has 1 atom stereocenters. The van der Waals surface area contributed by atoms with Crippen LogP contribution in [0.15, 0.2) is 10.9 Å². The van der Waals surface area contributed by atoms with Crippen molar-refractivity contribution in [2.24, 2.45) is 5.41 Å². The molecule has 2 aliphatic rings. The molecule has 10 heteroatoms. The predicted molar refractivity (Wildman–Crippen MR) is 113 cm³/mol. The fraction of sp³-hybridized carbons (Fsp3) is 0.650. The van der Waals surface area contributed by atoms with Crippen LogP contribution in [0.5, 0.6) is 0 Å². The standard InChI is InChI=1S/C20H29N5O4S/c1-5-30(28,29)24-9-6-7-16(24)14-11-17-21-15-12-23(19(27)20(2,3)4)10-8-13(15)18(26)25(17)22-14/h11,16,22H,5-10,12H2,1-4H3. The lowest BCUT2D eigenvalue weighted by atomic mass is 9.93. The van der Waals surface area contributed by atoms with Gasteiger partial charge < -0.3 is 4.90 Å². The average molecular weight is 436 g/mol. The SMILES string of the molecule is CCS(=O)(=O)N1CCCC1c1cc2nc3c(c(=O)n2[nH]1)CCN(C(=O)C(C)(C)C)C3. The van der Waals surface area contributed by atoms with Crippen LogP contribution >= 0.6 is 0 Å². The summed E-state index contributed by atoms with van der Waals surface area (Å²) in [6, 6.07) is 1.45. The van der Waals surface area contributed by atoms with Gasteiger partial charge in [0.25, 0.3) is 5.56 Å². The maximum atomic E-state index is 13.1. The number of H-pyrrole nitrogens is 1. The van der Waals surface area contributed by atoms with Crippen LogP contribution in [0.25, 0.3) is 5.65 Å². The van der Waals surface area contributed by atoms with Crippen molar-refractivity contribution in [2.45, 2.75) is 59.5 Å². The molecule has 1 amide bonds. The molecule has 0 spiro atoms. The van der Waals surface area contributed by atoms with E-state index >= 15 is 0 Å². The van der Waals surface area contributed by atoms with Crippen LogP contribution < -0.4 is 5.56 Å². The molecule has 2 aliphatic heterocycles. The van der Waals surface area contributed by atoms with Crippen LogP contribution in [0.4, 0.5) is 0 Å². The zero-order valence-electron chi connectivity index (χ0n) is 17.9. The number of hydrogen-bond acceptors (Lipinski definition) is 5. The van der Waals surface area contributed by atoms with Gasteiger partial charge in [0.15, 0.2) is 5.65 Å². The molecule has 0 radical (unpaired) electrons. The highest BCUT2D eigenvalue weighted by Crippen LogP contribution is 2.34. The fourth-order valence-electron chi connectivity index (χ4n) is 4.38. The van der Waals surface area contributed by atoms with Crippen LogP contribution in [0.3, 0.4) is 0 Å². The third kappa shape index (κ3) is 3.45. The van der Waals surface area contributed by atoms with Gasteiger partial charge in [0.1, 0.15) is 0 Å².